The minimum Gasteiger partial charge on any atom is -0.435 e. The number of fused-ring (bicyclic) bond motifs is 2. The standard InChI is InChI=1S/C25H34N2O7/c1-15-6-7-19-16(2)22(31-23-25(19)18(15)10-11-24(3,32-23)33-34-25)30-21(29)9-8-20(28)27-14-17-5-4-12-26-13-17/h4-5,12-13,15-16,18-19,22-23H,6-11,14H2,1-3H3,(H,27,28). The molecule has 9 heteroatoms. The fraction of sp³-hybridized carbons (Fsp3) is 0.720. The topological polar surface area (TPSA) is 105 Å². The quantitative estimate of drug-likeness (QED) is 0.495. The Balaban J connectivity index is 1.20. The van der Waals surface area contributed by atoms with Crippen LogP contribution in [0.4, 0.5) is 0 Å². The second kappa shape index (κ2) is 9.18. The lowest BCUT2D eigenvalue weighted by molar-refractivity contribution is -0.576. The van der Waals surface area contributed by atoms with Gasteiger partial charge in [0, 0.05) is 43.6 Å². The number of hydrogen-bond donors (Lipinski definition) is 1. The van der Waals surface area contributed by atoms with E-state index >= 15 is 0 Å². The SMILES string of the molecule is CC1CCC2C(C)C(OC(=O)CCC(=O)NCc3cccnc3)OC3OC4(C)CCC1C32OO4. The average molecular weight is 475 g/mol. The number of carbonyl (C=O) groups excluding carboxylic acids is 2. The number of ether oxygens (including phenoxy) is 3. The minimum absolute atomic E-state index is 0.0240. The number of carbonyl (C=O) groups is 2. The summed E-state index contributed by atoms with van der Waals surface area (Å²) < 4.78 is 18.3. The fourth-order valence-electron chi connectivity index (χ4n) is 6.20. The molecular weight excluding hydrogens is 440 g/mol. The van der Waals surface area contributed by atoms with Crippen molar-refractivity contribution in [2.45, 2.75) is 89.8 Å². The van der Waals surface area contributed by atoms with E-state index in [1.807, 2.05) is 26.0 Å². The van der Waals surface area contributed by atoms with Gasteiger partial charge in [-0.1, -0.05) is 19.9 Å². The number of nitrogens with zero attached hydrogens (tertiary/aromatic N) is 1. The molecule has 5 fully saturated rings. The van der Waals surface area contributed by atoms with E-state index in [4.69, 9.17) is 24.0 Å². The summed E-state index contributed by atoms with van der Waals surface area (Å²) in [6.45, 7) is 6.52. The molecule has 1 amide bonds. The second-order valence-corrected chi connectivity index (χ2v) is 10.4. The van der Waals surface area contributed by atoms with E-state index in [0.717, 1.165) is 31.2 Å². The smallest absolute Gasteiger partial charge is 0.308 e. The van der Waals surface area contributed by atoms with Gasteiger partial charge in [0.1, 0.15) is 0 Å². The van der Waals surface area contributed by atoms with Gasteiger partial charge in [0.25, 0.3) is 0 Å². The number of esters is 1. The summed E-state index contributed by atoms with van der Waals surface area (Å²) in [5.74, 6) is -0.856. The fourth-order valence-corrected chi connectivity index (χ4v) is 6.20. The van der Waals surface area contributed by atoms with Crippen LogP contribution in [-0.4, -0.2) is 40.8 Å². The van der Waals surface area contributed by atoms with Gasteiger partial charge in [-0.2, -0.15) is 0 Å². The molecule has 8 unspecified atom stereocenters. The summed E-state index contributed by atoms with van der Waals surface area (Å²) in [7, 11) is 0. The minimum atomic E-state index is -0.876. The van der Waals surface area contributed by atoms with Crippen LogP contribution in [0.15, 0.2) is 24.5 Å². The van der Waals surface area contributed by atoms with Crippen molar-refractivity contribution in [2.24, 2.45) is 23.7 Å². The van der Waals surface area contributed by atoms with E-state index in [1.165, 1.54) is 0 Å². The number of aromatic nitrogens is 1. The summed E-state index contributed by atoms with van der Waals surface area (Å²) in [6.07, 6.45) is 5.64. The van der Waals surface area contributed by atoms with Gasteiger partial charge in [-0.3, -0.25) is 14.6 Å². The lowest BCUT2D eigenvalue weighted by Gasteiger charge is -2.59. The lowest BCUT2D eigenvalue weighted by atomic mass is 9.58. The van der Waals surface area contributed by atoms with Crippen LogP contribution in [0.2, 0.25) is 0 Å². The molecule has 2 bridgehead atoms. The summed E-state index contributed by atoms with van der Waals surface area (Å²) >= 11 is 0. The molecule has 1 saturated carbocycles. The third-order valence-corrected chi connectivity index (χ3v) is 8.11. The maximum atomic E-state index is 12.6. The zero-order chi connectivity index (χ0) is 23.9. The Labute approximate surface area is 199 Å². The first-order valence-corrected chi connectivity index (χ1v) is 12.4. The summed E-state index contributed by atoms with van der Waals surface area (Å²) in [6, 6.07) is 3.69. The van der Waals surface area contributed by atoms with Gasteiger partial charge in [-0.25, -0.2) is 9.78 Å². The third kappa shape index (κ3) is 4.23. The van der Waals surface area contributed by atoms with E-state index in [1.54, 1.807) is 12.4 Å². The Morgan fingerprint density at radius 2 is 2.03 bits per heavy atom. The molecule has 4 saturated heterocycles. The van der Waals surface area contributed by atoms with Crippen LogP contribution in [0, 0.1) is 23.7 Å². The second-order valence-electron chi connectivity index (χ2n) is 10.4. The average Bonchev–Trinajstić information content (AvgIpc) is 3.06. The monoisotopic (exact) mass is 474 g/mol. The molecule has 1 N–H and O–H groups in total. The van der Waals surface area contributed by atoms with E-state index < -0.39 is 29.9 Å². The molecule has 1 aliphatic carbocycles. The lowest BCUT2D eigenvalue weighted by Crippen LogP contribution is -2.70. The maximum absolute atomic E-state index is 12.6. The third-order valence-electron chi connectivity index (χ3n) is 8.11. The molecule has 0 aromatic carbocycles. The predicted molar refractivity (Wildman–Crippen MR) is 118 cm³/mol. The Morgan fingerprint density at radius 3 is 2.82 bits per heavy atom. The Morgan fingerprint density at radius 1 is 1.18 bits per heavy atom. The Kier molecular flexibility index (Phi) is 6.39. The maximum Gasteiger partial charge on any atom is 0.308 e. The molecule has 0 radical (unpaired) electrons. The van der Waals surface area contributed by atoms with E-state index in [2.05, 4.69) is 17.2 Å². The van der Waals surface area contributed by atoms with Crippen LogP contribution in [0.25, 0.3) is 0 Å². The molecule has 1 spiro atoms. The molecule has 4 aliphatic heterocycles. The normalized spacial score (nSPS) is 40.7. The number of nitrogens with one attached hydrogen (secondary N) is 1. The molecule has 1 aromatic rings. The molecule has 186 valence electrons. The highest BCUT2D eigenvalue weighted by Gasteiger charge is 2.69. The largest absolute Gasteiger partial charge is 0.435 e. The van der Waals surface area contributed by atoms with E-state index in [-0.39, 0.29) is 36.5 Å². The molecule has 5 heterocycles. The van der Waals surface area contributed by atoms with Gasteiger partial charge in [0.15, 0.2) is 11.9 Å². The molecule has 9 nitrogen and oxygen atoms in total. The van der Waals surface area contributed by atoms with Crippen molar-refractivity contribution < 1.29 is 33.6 Å². The first-order valence-electron chi connectivity index (χ1n) is 12.4. The molecule has 1 aromatic heterocycles. The van der Waals surface area contributed by atoms with Crippen molar-refractivity contribution in [3.05, 3.63) is 30.1 Å². The van der Waals surface area contributed by atoms with Gasteiger partial charge in [0.2, 0.25) is 18.0 Å². The van der Waals surface area contributed by atoms with Crippen molar-refractivity contribution in [3.63, 3.8) is 0 Å². The van der Waals surface area contributed by atoms with Gasteiger partial charge in [-0.05, 0) is 49.7 Å². The first-order chi connectivity index (χ1) is 16.3. The van der Waals surface area contributed by atoms with Crippen LogP contribution < -0.4 is 5.32 Å². The predicted octanol–water partition coefficient (Wildman–Crippen LogP) is 3.23. The number of rotatable bonds is 6. The highest BCUT2D eigenvalue weighted by Crippen LogP contribution is 2.60. The number of pyridine rings is 1. The van der Waals surface area contributed by atoms with Crippen molar-refractivity contribution in [1.29, 1.82) is 0 Å². The van der Waals surface area contributed by atoms with Crippen LogP contribution in [0.1, 0.15) is 64.9 Å². The van der Waals surface area contributed by atoms with E-state index in [0.29, 0.717) is 12.5 Å². The van der Waals surface area contributed by atoms with Crippen molar-refractivity contribution in [3.8, 4) is 0 Å². The van der Waals surface area contributed by atoms with E-state index in [9.17, 15) is 9.59 Å². The van der Waals surface area contributed by atoms with Crippen molar-refractivity contribution in [2.75, 3.05) is 0 Å². The van der Waals surface area contributed by atoms with Gasteiger partial charge in [0.05, 0.1) is 6.42 Å². The molecule has 5 aliphatic rings. The first kappa shape index (κ1) is 23.7. The van der Waals surface area contributed by atoms with Gasteiger partial charge >= 0.3 is 5.97 Å². The zero-order valence-corrected chi connectivity index (χ0v) is 20.0. The summed E-state index contributed by atoms with van der Waals surface area (Å²) in [5, 5.41) is 2.80. The molecule has 6 rings (SSSR count). The highest BCUT2D eigenvalue weighted by atomic mass is 17.3. The Bertz CT molecular complexity index is 914. The van der Waals surface area contributed by atoms with Crippen LogP contribution in [0.5, 0.6) is 0 Å². The van der Waals surface area contributed by atoms with Crippen molar-refractivity contribution >= 4 is 11.9 Å². The van der Waals surface area contributed by atoms with Crippen LogP contribution in [-0.2, 0) is 40.1 Å². The summed E-state index contributed by atoms with van der Waals surface area (Å²) in [4.78, 5) is 40.7. The Hall–Kier alpha value is -2.07. The number of amides is 1. The highest BCUT2D eigenvalue weighted by molar-refractivity contribution is 5.81. The van der Waals surface area contributed by atoms with Gasteiger partial charge in [-0.15, -0.1) is 0 Å². The summed E-state index contributed by atoms with van der Waals surface area (Å²) in [5.41, 5.74) is 0.205. The number of hydrogen-bond acceptors (Lipinski definition) is 8. The molecular formula is C25H34N2O7. The van der Waals surface area contributed by atoms with Crippen molar-refractivity contribution in [1.82, 2.24) is 10.3 Å². The van der Waals surface area contributed by atoms with Gasteiger partial charge < -0.3 is 19.5 Å². The zero-order valence-electron chi connectivity index (χ0n) is 20.0. The van der Waals surface area contributed by atoms with Crippen LogP contribution in [0.3, 0.4) is 0 Å². The van der Waals surface area contributed by atoms with Crippen LogP contribution >= 0.6 is 0 Å². The molecule has 8 atom stereocenters. The molecule has 34 heavy (non-hydrogen) atoms.